The summed E-state index contributed by atoms with van der Waals surface area (Å²) in [5.74, 6) is -0.388. The largest absolute Gasteiger partial charge is 0.461 e. The quantitative estimate of drug-likeness (QED) is 0.182. The molecule has 1 aliphatic heterocycles. The monoisotopic (exact) mass is 530 g/mol. The number of anilines is 2. The van der Waals surface area contributed by atoms with E-state index in [1.54, 1.807) is 6.08 Å². The molecule has 5 heteroatoms. The van der Waals surface area contributed by atoms with Crippen molar-refractivity contribution in [2.75, 3.05) is 29.9 Å². The molecule has 4 aromatic rings. The topological polar surface area (TPSA) is 58.6 Å². The Kier molecular flexibility index (Phi) is 8.72. The molecule has 1 N–H and O–H groups in total. The van der Waals surface area contributed by atoms with Crippen molar-refractivity contribution in [3.63, 3.8) is 0 Å². The fourth-order valence-corrected chi connectivity index (χ4v) is 5.49. The summed E-state index contributed by atoms with van der Waals surface area (Å²) in [5.41, 5.74) is 5.41. The lowest BCUT2D eigenvalue weighted by Gasteiger charge is -2.36. The number of benzene rings is 4. The second-order valence-corrected chi connectivity index (χ2v) is 10.0. The summed E-state index contributed by atoms with van der Waals surface area (Å²) in [5, 5.41) is 3.05. The molecule has 202 valence electrons. The molecule has 1 aliphatic rings. The number of nitrogens with one attached hydrogen (secondary N) is 1. The average molecular weight is 531 g/mol. The van der Waals surface area contributed by atoms with E-state index in [0.717, 1.165) is 54.0 Å². The molecule has 1 heterocycles. The zero-order chi connectivity index (χ0) is 27.7. The van der Waals surface area contributed by atoms with Crippen molar-refractivity contribution in [3.05, 3.63) is 133 Å². The third-order valence-corrected chi connectivity index (χ3v) is 7.51. The number of carbonyl (C=O) groups is 2. The van der Waals surface area contributed by atoms with E-state index < -0.39 is 0 Å². The molecule has 1 unspecified atom stereocenters. The first-order chi connectivity index (χ1) is 19.6. The van der Waals surface area contributed by atoms with Gasteiger partial charge >= 0.3 is 5.97 Å². The fraction of sp³-hybridized carbons (Fsp3) is 0.200. The van der Waals surface area contributed by atoms with E-state index in [0.29, 0.717) is 5.56 Å². The number of amides is 1. The highest BCUT2D eigenvalue weighted by molar-refractivity contribution is 6.08. The van der Waals surface area contributed by atoms with E-state index in [-0.39, 0.29) is 30.3 Å². The van der Waals surface area contributed by atoms with Crippen LogP contribution in [-0.2, 0) is 9.53 Å². The second kappa shape index (κ2) is 12.9. The number of ether oxygens (including phenoxy) is 1. The molecule has 0 bridgehead atoms. The molecule has 0 spiro atoms. The van der Waals surface area contributed by atoms with Crippen LogP contribution in [0.3, 0.4) is 0 Å². The van der Waals surface area contributed by atoms with E-state index in [2.05, 4.69) is 16.8 Å². The first kappa shape index (κ1) is 26.9. The Morgan fingerprint density at radius 3 is 2.15 bits per heavy atom. The van der Waals surface area contributed by atoms with Crippen molar-refractivity contribution < 1.29 is 14.3 Å². The number of rotatable bonds is 9. The van der Waals surface area contributed by atoms with Gasteiger partial charge < -0.3 is 15.0 Å². The molecular formula is C35H34N2O3. The molecule has 1 saturated heterocycles. The van der Waals surface area contributed by atoms with E-state index in [1.807, 2.05) is 109 Å². The maximum atomic E-state index is 13.2. The first-order valence-electron chi connectivity index (χ1n) is 13.8. The summed E-state index contributed by atoms with van der Waals surface area (Å²) in [6.45, 7) is 5.58. The summed E-state index contributed by atoms with van der Waals surface area (Å²) in [6.07, 6.45) is 3.38. The zero-order valence-corrected chi connectivity index (χ0v) is 22.5. The maximum Gasteiger partial charge on any atom is 0.314 e. The number of carbonyl (C=O) groups excluding carboxylic acids is 2. The normalized spacial score (nSPS) is 14.2. The Hall–Kier alpha value is -4.64. The van der Waals surface area contributed by atoms with Crippen molar-refractivity contribution in [2.24, 2.45) is 5.92 Å². The summed E-state index contributed by atoms with van der Waals surface area (Å²) in [4.78, 5) is 28.5. The standard InChI is InChI=1S/C35H34N2O3/c1-2-25-40-35(39)33(27-13-7-4-8-14-27)28-21-23-37(24-22-28)30-19-17-29(18-20-30)36-34(38)32-16-10-9-15-31(32)26-11-5-3-6-12-26/h2-20,28,33H,1,21-25H2,(H,36,38). The van der Waals surface area contributed by atoms with Crippen molar-refractivity contribution in [1.82, 2.24) is 0 Å². The van der Waals surface area contributed by atoms with Crippen LogP contribution in [0.5, 0.6) is 0 Å². The van der Waals surface area contributed by atoms with Crippen LogP contribution in [0.4, 0.5) is 11.4 Å². The summed E-state index contributed by atoms with van der Waals surface area (Å²) in [6, 6.07) is 35.5. The van der Waals surface area contributed by atoms with Crippen LogP contribution in [-0.4, -0.2) is 31.6 Å². The van der Waals surface area contributed by atoms with Crippen molar-refractivity contribution in [1.29, 1.82) is 0 Å². The number of nitrogens with zero attached hydrogens (tertiary/aromatic N) is 1. The smallest absolute Gasteiger partial charge is 0.314 e. The highest BCUT2D eigenvalue weighted by Gasteiger charge is 2.33. The Bertz CT molecular complexity index is 1430. The molecular weight excluding hydrogens is 496 g/mol. The van der Waals surface area contributed by atoms with Gasteiger partial charge in [0, 0.05) is 30.0 Å². The zero-order valence-electron chi connectivity index (χ0n) is 22.5. The fourth-order valence-electron chi connectivity index (χ4n) is 5.49. The Labute approximate surface area is 236 Å². The van der Waals surface area contributed by atoms with Crippen molar-refractivity contribution in [3.8, 4) is 11.1 Å². The average Bonchev–Trinajstić information content (AvgIpc) is 3.02. The second-order valence-electron chi connectivity index (χ2n) is 10.0. The van der Waals surface area contributed by atoms with Crippen molar-refractivity contribution >= 4 is 23.3 Å². The number of esters is 1. The molecule has 1 atom stereocenters. The van der Waals surface area contributed by atoms with Gasteiger partial charge in [-0.3, -0.25) is 9.59 Å². The Balaban J connectivity index is 1.22. The van der Waals surface area contributed by atoms with Gasteiger partial charge in [-0.25, -0.2) is 0 Å². The third kappa shape index (κ3) is 6.32. The van der Waals surface area contributed by atoms with Gasteiger partial charge in [0.25, 0.3) is 5.91 Å². The van der Waals surface area contributed by atoms with Gasteiger partial charge in [-0.05, 0) is 65.8 Å². The molecule has 0 aliphatic carbocycles. The SMILES string of the molecule is C=CCOC(=O)C(c1ccccc1)C1CCN(c2ccc(NC(=O)c3ccccc3-c3ccccc3)cc2)CC1. The van der Waals surface area contributed by atoms with Crippen molar-refractivity contribution in [2.45, 2.75) is 18.8 Å². The van der Waals surface area contributed by atoms with Gasteiger partial charge in [0.2, 0.25) is 0 Å². The van der Waals surface area contributed by atoms with Crippen LogP contribution >= 0.6 is 0 Å². The molecule has 4 aromatic carbocycles. The third-order valence-electron chi connectivity index (χ3n) is 7.51. The lowest BCUT2D eigenvalue weighted by atomic mass is 9.80. The maximum absolute atomic E-state index is 13.2. The highest BCUT2D eigenvalue weighted by Crippen LogP contribution is 2.35. The Morgan fingerprint density at radius 1 is 0.850 bits per heavy atom. The molecule has 1 fully saturated rings. The highest BCUT2D eigenvalue weighted by atomic mass is 16.5. The predicted octanol–water partition coefficient (Wildman–Crippen LogP) is 7.34. The van der Waals surface area contributed by atoms with Crippen LogP contribution in [0.25, 0.3) is 11.1 Å². The van der Waals surface area contributed by atoms with E-state index >= 15 is 0 Å². The van der Waals surface area contributed by atoms with Gasteiger partial charge in [0.05, 0.1) is 5.92 Å². The van der Waals surface area contributed by atoms with E-state index in [1.165, 1.54) is 0 Å². The van der Waals surface area contributed by atoms with Gasteiger partial charge in [-0.2, -0.15) is 0 Å². The lowest BCUT2D eigenvalue weighted by molar-refractivity contribution is -0.145. The molecule has 0 radical (unpaired) electrons. The van der Waals surface area contributed by atoms with Gasteiger partial charge in [-0.1, -0.05) is 91.5 Å². The van der Waals surface area contributed by atoms with E-state index in [4.69, 9.17) is 4.74 Å². The molecule has 40 heavy (non-hydrogen) atoms. The minimum Gasteiger partial charge on any atom is -0.461 e. The molecule has 5 rings (SSSR count). The molecule has 5 nitrogen and oxygen atoms in total. The molecule has 1 amide bonds. The van der Waals surface area contributed by atoms with Gasteiger partial charge in [-0.15, -0.1) is 0 Å². The van der Waals surface area contributed by atoms with Crippen LogP contribution < -0.4 is 10.2 Å². The molecule has 0 saturated carbocycles. The van der Waals surface area contributed by atoms with Crippen LogP contribution in [0.15, 0.2) is 122 Å². The van der Waals surface area contributed by atoms with Gasteiger partial charge in [0.1, 0.15) is 6.61 Å². The lowest BCUT2D eigenvalue weighted by Crippen LogP contribution is -2.37. The predicted molar refractivity (Wildman–Crippen MR) is 162 cm³/mol. The minimum atomic E-state index is -0.278. The summed E-state index contributed by atoms with van der Waals surface area (Å²) in [7, 11) is 0. The number of hydrogen-bond donors (Lipinski definition) is 1. The van der Waals surface area contributed by atoms with Crippen LogP contribution in [0.2, 0.25) is 0 Å². The summed E-state index contributed by atoms with van der Waals surface area (Å²) < 4.78 is 5.48. The van der Waals surface area contributed by atoms with Gasteiger partial charge in [0.15, 0.2) is 0 Å². The van der Waals surface area contributed by atoms with Crippen LogP contribution in [0.1, 0.15) is 34.7 Å². The number of hydrogen-bond acceptors (Lipinski definition) is 4. The molecule has 0 aromatic heterocycles. The summed E-state index contributed by atoms with van der Waals surface area (Å²) >= 11 is 0. The Morgan fingerprint density at radius 2 is 1.48 bits per heavy atom. The minimum absolute atomic E-state index is 0.136. The first-order valence-corrected chi connectivity index (χ1v) is 13.8. The number of piperidine rings is 1. The van der Waals surface area contributed by atoms with E-state index in [9.17, 15) is 9.59 Å². The van der Waals surface area contributed by atoms with Crippen LogP contribution in [0, 0.1) is 5.92 Å².